The molecule has 0 bridgehead atoms. The maximum atomic E-state index is 15.0. The molecule has 0 aliphatic carbocycles. The maximum absolute atomic E-state index is 15.0. The van der Waals surface area contributed by atoms with Crippen LogP contribution < -0.4 is 10.5 Å². The molecule has 0 spiro atoms. The normalized spacial score (nSPS) is 11.0. The first-order valence-electron chi connectivity index (χ1n) is 10.3. The number of pyridine rings is 1. The summed E-state index contributed by atoms with van der Waals surface area (Å²) in [6.07, 6.45) is 1.63. The second-order valence-corrected chi connectivity index (χ2v) is 7.16. The van der Waals surface area contributed by atoms with Crippen molar-refractivity contribution in [3.8, 4) is 16.9 Å². The lowest BCUT2D eigenvalue weighted by Gasteiger charge is -2.13. The van der Waals surface area contributed by atoms with E-state index in [1.54, 1.807) is 43.3 Å². The Labute approximate surface area is 184 Å². The number of hydrogen-bond donors (Lipinski definition) is 1. The molecule has 32 heavy (non-hydrogen) atoms. The van der Waals surface area contributed by atoms with Crippen molar-refractivity contribution in [3.63, 3.8) is 0 Å². The summed E-state index contributed by atoms with van der Waals surface area (Å²) in [7, 11) is 0. The quantitative estimate of drug-likeness (QED) is 0.402. The number of nitrogens with two attached hydrogens (primary N) is 1. The highest BCUT2D eigenvalue weighted by molar-refractivity contribution is 5.90. The predicted octanol–water partition coefficient (Wildman–Crippen LogP) is 4.78. The number of para-hydroxylation sites is 1. The van der Waals surface area contributed by atoms with Gasteiger partial charge in [-0.2, -0.15) is 0 Å². The molecule has 0 aliphatic heterocycles. The molecule has 0 unspecified atom stereocenters. The number of ether oxygens (including phenoxy) is 2. The van der Waals surface area contributed by atoms with Crippen molar-refractivity contribution in [1.29, 1.82) is 0 Å². The van der Waals surface area contributed by atoms with Crippen LogP contribution >= 0.6 is 0 Å². The monoisotopic (exact) mass is 434 g/mol. The fourth-order valence-electron chi connectivity index (χ4n) is 3.54. The van der Waals surface area contributed by atoms with Crippen molar-refractivity contribution in [2.45, 2.75) is 26.5 Å². The Hall–Kier alpha value is -3.71. The van der Waals surface area contributed by atoms with Gasteiger partial charge in [-0.3, -0.25) is 4.79 Å². The number of carbonyl (C=O) groups is 1. The summed E-state index contributed by atoms with van der Waals surface area (Å²) in [6.45, 7) is 2.31. The van der Waals surface area contributed by atoms with Crippen LogP contribution in [0.2, 0.25) is 0 Å². The highest BCUT2D eigenvalue weighted by atomic mass is 19.1. The van der Waals surface area contributed by atoms with E-state index in [0.29, 0.717) is 45.8 Å². The summed E-state index contributed by atoms with van der Waals surface area (Å²) in [5.74, 6) is -0.142. The lowest BCUT2D eigenvalue weighted by atomic mass is 10.0. The van der Waals surface area contributed by atoms with Crippen molar-refractivity contribution in [2.24, 2.45) is 5.73 Å². The van der Waals surface area contributed by atoms with E-state index < -0.39 is 0 Å². The molecular formula is C25H23FN2O4. The molecule has 4 rings (SSSR count). The number of fused-ring (bicyclic) bond motifs is 1. The number of hydrogen-bond acceptors (Lipinski definition) is 6. The molecule has 6 nitrogen and oxygen atoms in total. The van der Waals surface area contributed by atoms with Crippen LogP contribution in [0.1, 0.15) is 23.7 Å². The lowest BCUT2D eigenvalue weighted by Crippen LogP contribution is -2.09. The van der Waals surface area contributed by atoms with E-state index in [0.717, 1.165) is 5.56 Å². The van der Waals surface area contributed by atoms with Crippen molar-refractivity contribution in [2.75, 3.05) is 6.61 Å². The Morgan fingerprint density at radius 2 is 1.91 bits per heavy atom. The minimum atomic E-state index is -0.384. The third kappa shape index (κ3) is 4.48. The standard InChI is InChI=1S/C25H23FN2O4/c1-2-30-23(29)12-16-6-3-4-9-22(16)32-15-18-13-20(25-21(28-18)10-11-31-25)19-8-5-7-17(14-27)24(19)26/h3-11,13H,2,12,14-15,27H2,1H3. The van der Waals surface area contributed by atoms with E-state index >= 15 is 0 Å². The van der Waals surface area contributed by atoms with Gasteiger partial charge in [-0.05, 0) is 19.1 Å². The molecule has 0 fully saturated rings. The van der Waals surface area contributed by atoms with Crippen LogP contribution in [0.5, 0.6) is 5.75 Å². The van der Waals surface area contributed by atoms with Gasteiger partial charge in [0.15, 0.2) is 5.58 Å². The number of furan rings is 1. The Bertz CT molecular complexity index is 1250. The van der Waals surface area contributed by atoms with Gasteiger partial charge in [-0.25, -0.2) is 9.37 Å². The molecular weight excluding hydrogens is 411 g/mol. The molecule has 0 aliphatic rings. The van der Waals surface area contributed by atoms with Crippen LogP contribution in [0.4, 0.5) is 4.39 Å². The topological polar surface area (TPSA) is 87.6 Å². The number of benzene rings is 2. The minimum Gasteiger partial charge on any atom is -0.487 e. The number of esters is 1. The van der Waals surface area contributed by atoms with E-state index in [1.807, 2.05) is 18.2 Å². The van der Waals surface area contributed by atoms with Gasteiger partial charge in [0.25, 0.3) is 0 Å². The molecule has 2 aromatic carbocycles. The Balaban J connectivity index is 1.65. The molecule has 0 amide bonds. The van der Waals surface area contributed by atoms with E-state index in [9.17, 15) is 9.18 Å². The summed E-state index contributed by atoms with van der Waals surface area (Å²) in [4.78, 5) is 16.5. The van der Waals surface area contributed by atoms with Gasteiger partial charge in [-0.15, -0.1) is 0 Å². The molecule has 7 heteroatoms. The largest absolute Gasteiger partial charge is 0.487 e. The first kappa shape index (κ1) is 21.5. The molecule has 0 radical (unpaired) electrons. The first-order chi connectivity index (χ1) is 15.6. The van der Waals surface area contributed by atoms with Crippen molar-refractivity contribution in [1.82, 2.24) is 4.98 Å². The summed E-state index contributed by atoms with van der Waals surface area (Å²) >= 11 is 0. The van der Waals surface area contributed by atoms with Gasteiger partial charge >= 0.3 is 5.97 Å². The lowest BCUT2D eigenvalue weighted by molar-refractivity contribution is -0.142. The molecule has 0 saturated carbocycles. The van der Waals surface area contributed by atoms with Gasteiger partial charge in [0.1, 0.15) is 23.7 Å². The van der Waals surface area contributed by atoms with E-state index in [2.05, 4.69) is 4.98 Å². The third-order valence-corrected chi connectivity index (χ3v) is 5.04. The predicted molar refractivity (Wildman–Crippen MR) is 118 cm³/mol. The average Bonchev–Trinajstić information content (AvgIpc) is 3.27. The van der Waals surface area contributed by atoms with Gasteiger partial charge in [-0.1, -0.05) is 36.4 Å². The second kappa shape index (κ2) is 9.62. The summed E-state index contributed by atoms with van der Waals surface area (Å²) < 4.78 is 31.6. The zero-order valence-corrected chi connectivity index (χ0v) is 17.6. The third-order valence-electron chi connectivity index (χ3n) is 5.04. The van der Waals surface area contributed by atoms with Crippen LogP contribution in [0.25, 0.3) is 22.2 Å². The summed E-state index contributed by atoms with van der Waals surface area (Å²) in [5.41, 5.74) is 9.46. The first-order valence-corrected chi connectivity index (χ1v) is 10.3. The van der Waals surface area contributed by atoms with E-state index in [1.165, 1.54) is 6.26 Å². The molecule has 164 valence electrons. The number of carbonyl (C=O) groups excluding carboxylic acids is 1. The van der Waals surface area contributed by atoms with Crippen molar-refractivity contribution in [3.05, 3.63) is 83.5 Å². The zero-order valence-electron chi connectivity index (χ0n) is 17.6. The molecule has 2 aromatic heterocycles. The number of aromatic nitrogens is 1. The van der Waals surface area contributed by atoms with Gasteiger partial charge in [0.05, 0.1) is 25.0 Å². The SMILES string of the molecule is CCOC(=O)Cc1ccccc1OCc1cc(-c2cccc(CN)c2F)c2occc2n1. The average molecular weight is 434 g/mol. The zero-order chi connectivity index (χ0) is 22.5. The molecule has 4 aromatic rings. The molecule has 2 heterocycles. The number of rotatable bonds is 8. The smallest absolute Gasteiger partial charge is 0.310 e. The van der Waals surface area contributed by atoms with E-state index in [-0.39, 0.29) is 31.4 Å². The van der Waals surface area contributed by atoms with Crippen molar-refractivity contribution >= 4 is 17.1 Å². The Kier molecular flexibility index (Phi) is 6.47. The van der Waals surface area contributed by atoms with Crippen LogP contribution in [0.15, 0.2) is 65.3 Å². The van der Waals surface area contributed by atoms with Gasteiger partial charge < -0.3 is 19.6 Å². The van der Waals surface area contributed by atoms with Gasteiger partial charge in [0.2, 0.25) is 0 Å². The second-order valence-electron chi connectivity index (χ2n) is 7.16. The molecule has 0 saturated heterocycles. The highest BCUT2D eigenvalue weighted by Gasteiger charge is 2.17. The van der Waals surface area contributed by atoms with Crippen molar-refractivity contribution < 1.29 is 23.1 Å². The highest BCUT2D eigenvalue weighted by Crippen LogP contribution is 2.32. The summed E-state index contributed by atoms with van der Waals surface area (Å²) in [6, 6.07) is 15.8. The Morgan fingerprint density at radius 3 is 2.72 bits per heavy atom. The van der Waals surface area contributed by atoms with Crippen LogP contribution in [-0.4, -0.2) is 17.6 Å². The van der Waals surface area contributed by atoms with Crippen LogP contribution in [0, 0.1) is 5.82 Å². The molecule has 0 atom stereocenters. The fourth-order valence-corrected chi connectivity index (χ4v) is 3.54. The van der Waals surface area contributed by atoms with Crippen LogP contribution in [-0.2, 0) is 29.1 Å². The maximum Gasteiger partial charge on any atom is 0.310 e. The minimum absolute atomic E-state index is 0.0965. The number of halogens is 1. The summed E-state index contributed by atoms with van der Waals surface area (Å²) in [5, 5.41) is 0. The Morgan fingerprint density at radius 1 is 1.09 bits per heavy atom. The number of nitrogens with zero attached hydrogens (tertiary/aromatic N) is 1. The fraction of sp³-hybridized carbons (Fsp3) is 0.200. The molecule has 2 N–H and O–H groups in total. The van der Waals surface area contributed by atoms with Gasteiger partial charge in [0, 0.05) is 34.9 Å². The van der Waals surface area contributed by atoms with Crippen LogP contribution in [0.3, 0.4) is 0 Å². The van der Waals surface area contributed by atoms with E-state index in [4.69, 9.17) is 19.6 Å².